The zero-order valence-electron chi connectivity index (χ0n) is 11.0. The summed E-state index contributed by atoms with van der Waals surface area (Å²) in [5.74, 6) is -1.26. The number of hydrogen-bond donors (Lipinski definition) is 1. The molecule has 1 aromatic rings. The summed E-state index contributed by atoms with van der Waals surface area (Å²) in [6, 6.07) is 5.29. The van der Waals surface area contributed by atoms with Crippen LogP contribution < -0.4 is 0 Å². The molecule has 1 fully saturated rings. The van der Waals surface area contributed by atoms with Crippen molar-refractivity contribution in [2.75, 3.05) is 7.05 Å². The normalized spacial score (nSPS) is 21.4. The van der Waals surface area contributed by atoms with Gasteiger partial charge in [0, 0.05) is 12.1 Å². The molecule has 2 rings (SSSR count). The number of nitrogens with zero attached hydrogens (tertiary/aromatic N) is 2. The minimum absolute atomic E-state index is 0.0236. The maximum absolute atomic E-state index is 11.8. The Labute approximate surface area is 125 Å². The van der Waals surface area contributed by atoms with Crippen molar-refractivity contribution in [2.45, 2.75) is 18.6 Å². The lowest BCUT2D eigenvalue weighted by molar-refractivity contribution is -0.139. The van der Waals surface area contributed by atoms with Crippen LogP contribution in [-0.2, 0) is 9.59 Å². The minimum atomic E-state index is -1.01. The molecule has 0 aromatic heterocycles. The van der Waals surface area contributed by atoms with Crippen LogP contribution in [0.5, 0.6) is 0 Å². The highest BCUT2D eigenvalue weighted by molar-refractivity contribution is 8.15. The zero-order valence-corrected chi connectivity index (χ0v) is 12.5. The molecule has 1 aliphatic rings. The Morgan fingerprint density at radius 3 is 2.85 bits per heavy atom. The van der Waals surface area contributed by atoms with Crippen molar-refractivity contribution in [3.63, 3.8) is 0 Å². The summed E-state index contributed by atoms with van der Waals surface area (Å²) in [4.78, 5) is 28.5. The molecular weight excluding hydrogens is 300 g/mol. The molecule has 106 valence electrons. The van der Waals surface area contributed by atoms with Gasteiger partial charge in [-0.1, -0.05) is 29.4 Å². The van der Waals surface area contributed by atoms with Crippen LogP contribution in [0.25, 0.3) is 0 Å². The first-order valence-electron chi connectivity index (χ1n) is 5.89. The molecule has 20 heavy (non-hydrogen) atoms. The molecule has 0 spiro atoms. The first-order valence-corrected chi connectivity index (χ1v) is 7.15. The molecule has 0 saturated carbocycles. The molecular formula is C13H13ClN2O3S. The summed E-state index contributed by atoms with van der Waals surface area (Å²) in [6.45, 7) is 1.88. The van der Waals surface area contributed by atoms with Crippen LogP contribution in [0, 0.1) is 6.92 Å². The summed E-state index contributed by atoms with van der Waals surface area (Å²) in [5, 5.41) is 9.19. The first-order chi connectivity index (χ1) is 9.38. The van der Waals surface area contributed by atoms with E-state index in [0.717, 1.165) is 17.3 Å². The smallest absolute Gasteiger partial charge is 0.317 e. The summed E-state index contributed by atoms with van der Waals surface area (Å²) < 4.78 is 0. The topological polar surface area (TPSA) is 70.0 Å². The molecule has 1 N–H and O–H groups in total. The van der Waals surface area contributed by atoms with Gasteiger partial charge in [0.25, 0.3) is 0 Å². The molecule has 7 heteroatoms. The van der Waals surface area contributed by atoms with Gasteiger partial charge in [0.1, 0.15) is 5.25 Å². The number of hydrogen-bond acceptors (Lipinski definition) is 4. The van der Waals surface area contributed by atoms with Crippen molar-refractivity contribution in [1.29, 1.82) is 0 Å². The Morgan fingerprint density at radius 2 is 2.25 bits per heavy atom. The number of carboxylic acid groups (broad SMARTS) is 1. The van der Waals surface area contributed by atoms with Crippen molar-refractivity contribution in [3.05, 3.63) is 28.8 Å². The van der Waals surface area contributed by atoms with Crippen LogP contribution >= 0.6 is 23.4 Å². The third-order valence-electron chi connectivity index (χ3n) is 2.92. The zero-order chi connectivity index (χ0) is 14.9. The fourth-order valence-corrected chi connectivity index (χ4v) is 2.83. The minimum Gasteiger partial charge on any atom is -0.480 e. The fourth-order valence-electron chi connectivity index (χ4n) is 1.65. The van der Waals surface area contributed by atoms with Crippen LogP contribution in [0.3, 0.4) is 0 Å². The molecule has 5 nitrogen and oxygen atoms in total. The number of benzene rings is 1. The number of aliphatic carboxylic acids is 1. The van der Waals surface area contributed by atoms with Gasteiger partial charge in [0.05, 0.1) is 12.1 Å². The Balaban J connectivity index is 2.32. The molecule has 1 aliphatic heterocycles. The van der Waals surface area contributed by atoms with Gasteiger partial charge in [-0.15, -0.1) is 0 Å². The average molecular weight is 313 g/mol. The largest absolute Gasteiger partial charge is 0.480 e. The molecule has 1 saturated heterocycles. The number of halogens is 1. The number of carbonyl (C=O) groups excluding carboxylic acids is 1. The van der Waals surface area contributed by atoms with E-state index in [0.29, 0.717) is 15.9 Å². The van der Waals surface area contributed by atoms with Crippen molar-refractivity contribution < 1.29 is 14.7 Å². The van der Waals surface area contributed by atoms with E-state index in [1.165, 1.54) is 4.90 Å². The lowest BCUT2D eigenvalue weighted by Gasteiger charge is -2.27. The Hall–Kier alpha value is -1.53. The lowest BCUT2D eigenvalue weighted by Crippen LogP contribution is -2.41. The van der Waals surface area contributed by atoms with Crippen molar-refractivity contribution >= 4 is 46.1 Å². The van der Waals surface area contributed by atoms with Crippen LogP contribution in [0.1, 0.15) is 12.0 Å². The highest BCUT2D eigenvalue weighted by Gasteiger charge is 2.33. The predicted octanol–water partition coefficient (Wildman–Crippen LogP) is 2.68. The number of carbonyl (C=O) groups is 2. The van der Waals surface area contributed by atoms with Gasteiger partial charge < -0.3 is 5.11 Å². The summed E-state index contributed by atoms with van der Waals surface area (Å²) in [5.41, 5.74) is 1.52. The summed E-state index contributed by atoms with van der Waals surface area (Å²) in [6.07, 6.45) is -0.0236. The number of amides is 1. The van der Waals surface area contributed by atoms with E-state index in [2.05, 4.69) is 4.99 Å². The van der Waals surface area contributed by atoms with Gasteiger partial charge in [-0.05, 0) is 24.6 Å². The van der Waals surface area contributed by atoms with Gasteiger partial charge in [-0.2, -0.15) is 0 Å². The quantitative estimate of drug-likeness (QED) is 0.911. The predicted molar refractivity (Wildman–Crippen MR) is 79.7 cm³/mol. The maximum atomic E-state index is 11.8. The standard InChI is InChI=1S/C13H13ClN2O3S/c1-7-3-4-8(5-9(7)14)15-13-16(2)11(17)6-10(20-13)12(18)19/h3-5,10H,6H2,1-2H3,(H,18,19)/t10-/m1/s1. The van der Waals surface area contributed by atoms with Gasteiger partial charge in [0.2, 0.25) is 5.91 Å². The van der Waals surface area contributed by atoms with Crippen LogP contribution in [0.4, 0.5) is 5.69 Å². The van der Waals surface area contributed by atoms with Crippen LogP contribution in [-0.4, -0.2) is 39.3 Å². The molecule has 1 atom stereocenters. The highest BCUT2D eigenvalue weighted by atomic mass is 35.5. The van der Waals surface area contributed by atoms with Gasteiger partial charge >= 0.3 is 5.97 Å². The molecule has 0 bridgehead atoms. The van der Waals surface area contributed by atoms with E-state index in [4.69, 9.17) is 16.7 Å². The Morgan fingerprint density at radius 1 is 1.55 bits per heavy atom. The molecule has 1 amide bonds. The van der Waals surface area contributed by atoms with E-state index in [1.54, 1.807) is 19.2 Å². The van der Waals surface area contributed by atoms with E-state index >= 15 is 0 Å². The van der Waals surface area contributed by atoms with Crippen LogP contribution in [0.15, 0.2) is 23.2 Å². The molecule has 0 radical (unpaired) electrons. The number of amidine groups is 1. The Bertz CT molecular complexity index is 603. The number of aryl methyl sites for hydroxylation is 1. The summed E-state index contributed by atoms with van der Waals surface area (Å²) >= 11 is 7.09. The fraction of sp³-hybridized carbons (Fsp3) is 0.308. The second kappa shape index (κ2) is 5.85. The molecule has 0 aliphatic carbocycles. The Kier molecular flexibility index (Phi) is 4.35. The molecule has 0 unspecified atom stereocenters. The SMILES string of the molecule is Cc1ccc(N=C2S[C@@H](C(=O)O)CC(=O)N2C)cc1Cl. The van der Waals surface area contributed by atoms with Crippen LogP contribution in [0.2, 0.25) is 5.02 Å². The molecule has 1 heterocycles. The first kappa shape index (κ1) is 14.9. The van der Waals surface area contributed by atoms with Crippen molar-refractivity contribution in [3.8, 4) is 0 Å². The highest BCUT2D eigenvalue weighted by Crippen LogP contribution is 2.29. The van der Waals surface area contributed by atoms with Crippen molar-refractivity contribution in [2.24, 2.45) is 4.99 Å². The van der Waals surface area contributed by atoms with E-state index in [1.807, 2.05) is 13.0 Å². The third-order valence-corrected chi connectivity index (χ3v) is 4.56. The number of thioether (sulfide) groups is 1. The lowest BCUT2D eigenvalue weighted by atomic mass is 10.2. The van der Waals surface area contributed by atoms with E-state index in [9.17, 15) is 9.59 Å². The van der Waals surface area contributed by atoms with E-state index < -0.39 is 11.2 Å². The van der Waals surface area contributed by atoms with Gasteiger partial charge in [-0.3, -0.25) is 14.5 Å². The monoisotopic (exact) mass is 312 g/mol. The van der Waals surface area contributed by atoms with Gasteiger partial charge in [-0.25, -0.2) is 4.99 Å². The third kappa shape index (κ3) is 3.13. The number of rotatable bonds is 2. The summed E-state index contributed by atoms with van der Waals surface area (Å²) in [7, 11) is 1.59. The number of aliphatic imine (C=N–C) groups is 1. The second-order valence-electron chi connectivity index (χ2n) is 4.43. The van der Waals surface area contributed by atoms with Gasteiger partial charge in [0.15, 0.2) is 5.17 Å². The maximum Gasteiger partial charge on any atom is 0.317 e. The second-order valence-corrected chi connectivity index (χ2v) is 6.01. The number of carboxylic acids is 1. The molecule has 1 aromatic carbocycles. The van der Waals surface area contributed by atoms with Crippen molar-refractivity contribution in [1.82, 2.24) is 4.90 Å². The van der Waals surface area contributed by atoms with E-state index in [-0.39, 0.29) is 12.3 Å². The average Bonchev–Trinajstić information content (AvgIpc) is 2.38.